The van der Waals surface area contributed by atoms with Crippen molar-refractivity contribution in [3.8, 4) is 5.69 Å². The Bertz CT molecular complexity index is 1200. The van der Waals surface area contributed by atoms with Gasteiger partial charge in [-0.2, -0.15) is 0 Å². The molecule has 3 aromatic rings. The minimum absolute atomic E-state index is 0.253. The van der Waals surface area contributed by atoms with Crippen LogP contribution in [-0.4, -0.2) is 21.4 Å². The summed E-state index contributed by atoms with van der Waals surface area (Å²) in [6.07, 6.45) is 1.77. The predicted molar refractivity (Wildman–Crippen MR) is 128 cm³/mol. The summed E-state index contributed by atoms with van der Waals surface area (Å²) in [5, 5.41) is 2.74. The van der Waals surface area contributed by atoms with Crippen molar-refractivity contribution < 1.29 is 9.59 Å². The molecule has 2 heterocycles. The molecule has 0 radical (unpaired) electrons. The summed E-state index contributed by atoms with van der Waals surface area (Å²) in [6, 6.07) is 18.0. The first-order valence-corrected chi connectivity index (χ1v) is 10.9. The van der Waals surface area contributed by atoms with Crippen molar-refractivity contribution in [3.63, 3.8) is 0 Å². The highest BCUT2D eigenvalue weighted by atomic mass is 16.2. The van der Waals surface area contributed by atoms with Crippen LogP contribution in [0, 0.1) is 20.8 Å². The van der Waals surface area contributed by atoms with Crippen molar-refractivity contribution in [2.45, 2.75) is 47.1 Å². The third kappa shape index (κ3) is 4.11. The summed E-state index contributed by atoms with van der Waals surface area (Å²) in [6.45, 7) is 10.7. The zero-order valence-electron chi connectivity index (χ0n) is 19.3. The molecule has 1 saturated heterocycles. The van der Waals surface area contributed by atoms with Crippen LogP contribution in [0.5, 0.6) is 0 Å². The number of urea groups is 1. The molecule has 164 valence electrons. The minimum Gasteiger partial charge on any atom is -0.318 e. The number of hydrogen-bond acceptors (Lipinski definition) is 2. The van der Waals surface area contributed by atoms with Gasteiger partial charge in [0.25, 0.3) is 5.91 Å². The Morgan fingerprint density at radius 3 is 2.22 bits per heavy atom. The van der Waals surface area contributed by atoms with Gasteiger partial charge >= 0.3 is 6.03 Å². The van der Waals surface area contributed by atoms with Crippen molar-refractivity contribution in [2.75, 3.05) is 0 Å². The molecule has 3 amide bonds. The van der Waals surface area contributed by atoms with E-state index in [0.29, 0.717) is 11.6 Å². The number of nitrogens with zero attached hydrogens (tertiary/aromatic N) is 2. The molecule has 2 aromatic carbocycles. The zero-order valence-corrected chi connectivity index (χ0v) is 19.3. The Balaban J connectivity index is 1.60. The third-order valence-electron chi connectivity index (χ3n) is 6.01. The van der Waals surface area contributed by atoms with Crippen LogP contribution in [-0.2, 0) is 11.3 Å². The highest BCUT2D eigenvalue weighted by Gasteiger charge is 2.33. The highest BCUT2D eigenvalue weighted by Crippen LogP contribution is 2.25. The lowest BCUT2D eigenvalue weighted by atomic mass is 10.0. The van der Waals surface area contributed by atoms with E-state index in [0.717, 1.165) is 33.8 Å². The summed E-state index contributed by atoms with van der Waals surface area (Å²) in [5.41, 5.74) is 7.74. The second kappa shape index (κ2) is 8.50. The Kier molecular flexibility index (Phi) is 5.74. The second-order valence-electron chi connectivity index (χ2n) is 8.77. The van der Waals surface area contributed by atoms with Crippen molar-refractivity contribution in [3.05, 3.63) is 93.9 Å². The average Bonchev–Trinajstić information content (AvgIpc) is 3.19. The highest BCUT2D eigenvalue weighted by molar-refractivity contribution is 6.14. The molecule has 1 aliphatic rings. The van der Waals surface area contributed by atoms with Gasteiger partial charge < -0.3 is 9.88 Å². The van der Waals surface area contributed by atoms with E-state index < -0.39 is 0 Å². The average molecular weight is 428 g/mol. The molecule has 1 aromatic heterocycles. The molecule has 0 atom stereocenters. The largest absolute Gasteiger partial charge is 0.329 e. The molecule has 32 heavy (non-hydrogen) atoms. The van der Waals surface area contributed by atoms with Crippen LogP contribution in [0.2, 0.25) is 0 Å². The van der Waals surface area contributed by atoms with Crippen LogP contribution in [0.1, 0.15) is 53.4 Å². The monoisotopic (exact) mass is 427 g/mol. The van der Waals surface area contributed by atoms with Crippen LogP contribution in [0.3, 0.4) is 0 Å². The fourth-order valence-electron chi connectivity index (χ4n) is 4.09. The van der Waals surface area contributed by atoms with E-state index in [-0.39, 0.29) is 18.5 Å². The molecular formula is C27H29N3O2. The number of amides is 3. The van der Waals surface area contributed by atoms with E-state index in [4.69, 9.17) is 0 Å². The van der Waals surface area contributed by atoms with Crippen LogP contribution < -0.4 is 5.32 Å². The maximum Gasteiger partial charge on any atom is 0.329 e. The first kappa shape index (κ1) is 21.6. The van der Waals surface area contributed by atoms with Crippen molar-refractivity contribution in [2.24, 2.45) is 0 Å². The summed E-state index contributed by atoms with van der Waals surface area (Å²) in [7, 11) is 0. The van der Waals surface area contributed by atoms with Gasteiger partial charge in [0.1, 0.15) is 5.70 Å². The van der Waals surface area contributed by atoms with Crippen molar-refractivity contribution >= 4 is 18.0 Å². The Hall–Kier alpha value is -3.60. The molecule has 0 bridgehead atoms. The smallest absolute Gasteiger partial charge is 0.318 e. The fraction of sp³-hybridized carbons (Fsp3) is 0.259. The number of imide groups is 1. The SMILES string of the molecule is Cc1ccc(CN2C(=O)N/C(=C/c3cc(C)n(-c4ccc(C(C)C)cc4)c3C)C2=O)cc1. The third-order valence-corrected chi connectivity index (χ3v) is 6.01. The van der Waals surface area contributed by atoms with Gasteiger partial charge in [0.2, 0.25) is 0 Å². The van der Waals surface area contributed by atoms with Gasteiger partial charge in [-0.05, 0) is 67.7 Å². The Morgan fingerprint density at radius 2 is 1.59 bits per heavy atom. The Morgan fingerprint density at radius 1 is 0.938 bits per heavy atom. The number of benzene rings is 2. The number of hydrogen-bond donors (Lipinski definition) is 1. The maximum atomic E-state index is 12.9. The number of carbonyl (C=O) groups is 2. The number of nitrogens with one attached hydrogen (secondary N) is 1. The molecule has 1 fully saturated rings. The lowest BCUT2D eigenvalue weighted by Gasteiger charge is -2.12. The first-order valence-electron chi connectivity index (χ1n) is 10.9. The molecule has 0 unspecified atom stereocenters. The minimum atomic E-state index is -0.389. The quantitative estimate of drug-likeness (QED) is 0.424. The number of rotatable bonds is 5. The summed E-state index contributed by atoms with van der Waals surface area (Å²) in [5.74, 6) is 0.178. The van der Waals surface area contributed by atoms with Gasteiger partial charge in [0.05, 0.1) is 6.54 Å². The summed E-state index contributed by atoms with van der Waals surface area (Å²) in [4.78, 5) is 26.7. The lowest BCUT2D eigenvalue weighted by Crippen LogP contribution is -2.30. The molecule has 5 nitrogen and oxygen atoms in total. The molecule has 0 saturated carbocycles. The van der Waals surface area contributed by atoms with Crippen LogP contribution in [0.25, 0.3) is 11.8 Å². The normalized spacial score (nSPS) is 15.2. The maximum absolute atomic E-state index is 12.9. The van der Waals surface area contributed by atoms with E-state index in [9.17, 15) is 9.59 Å². The number of aryl methyl sites for hydroxylation is 2. The van der Waals surface area contributed by atoms with E-state index >= 15 is 0 Å². The zero-order chi connectivity index (χ0) is 23.0. The van der Waals surface area contributed by atoms with E-state index in [1.54, 1.807) is 6.08 Å². The second-order valence-corrected chi connectivity index (χ2v) is 8.77. The molecule has 0 spiro atoms. The van der Waals surface area contributed by atoms with Crippen LogP contribution in [0.4, 0.5) is 4.79 Å². The van der Waals surface area contributed by atoms with Gasteiger partial charge in [-0.3, -0.25) is 9.69 Å². The van der Waals surface area contributed by atoms with Crippen molar-refractivity contribution in [1.29, 1.82) is 0 Å². The van der Waals surface area contributed by atoms with Crippen LogP contribution >= 0.6 is 0 Å². The first-order chi connectivity index (χ1) is 15.2. The number of carbonyl (C=O) groups excluding carboxylic acids is 2. The van der Waals surface area contributed by atoms with E-state index in [2.05, 4.69) is 48.0 Å². The fourth-order valence-corrected chi connectivity index (χ4v) is 4.09. The van der Waals surface area contributed by atoms with Crippen molar-refractivity contribution in [1.82, 2.24) is 14.8 Å². The van der Waals surface area contributed by atoms with E-state index in [1.807, 2.05) is 51.1 Å². The molecule has 1 N–H and O–H groups in total. The lowest BCUT2D eigenvalue weighted by molar-refractivity contribution is -0.123. The van der Waals surface area contributed by atoms with E-state index in [1.165, 1.54) is 10.5 Å². The van der Waals surface area contributed by atoms with Crippen LogP contribution in [0.15, 0.2) is 60.3 Å². The van der Waals surface area contributed by atoms with Gasteiger partial charge in [-0.15, -0.1) is 0 Å². The molecule has 4 rings (SSSR count). The summed E-state index contributed by atoms with van der Waals surface area (Å²) < 4.78 is 2.17. The topological polar surface area (TPSA) is 54.3 Å². The molecular weight excluding hydrogens is 398 g/mol. The van der Waals surface area contributed by atoms with Gasteiger partial charge in [0, 0.05) is 17.1 Å². The molecule has 5 heteroatoms. The van der Waals surface area contributed by atoms with Gasteiger partial charge in [-0.25, -0.2) is 4.79 Å². The standard InChI is InChI=1S/C27H29N3O2/c1-17(2)22-10-12-24(13-11-22)30-19(4)14-23(20(30)5)15-25-26(31)29(27(32)28-25)16-21-8-6-18(3)7-9-21/h6-15,17H,16H2,1-5H3,(H,28,32)/b25-15+. The predicted octanol–water partition coefficient (Wildman–Crippen LogP) is 5.62. The Labute approximate surface area is 189 Å². The molecule has 1 aliphatic heterocycles. The summed E-state index contributed by atoms with van der Waals surface area (Å²) >= 11 is 0. The van der Waals surface area contributed by atoms with Gasteiger partial charge in [-0.1, -0.05) is 55.8 Å². The molecule has 0 aliphatic carbocycles. The van der Waals surface area contributed by atoms with Gasteiger partial charge in [0.15, 0.2) is 0 Å². The number of aromatic nitrogens is 1.